The molecule has 1 aromatic rings. The molecule has 0 spiro atoms. The Balaban J connectivity index is 0.00000108. The van der Waals surface area contributed by atoms with Crippen LogP contribution >= 0.6 is 12.4 Å². The zero-order valence-electron chi connectivity index (χ0n) is 10.2. The van der Waals surface area contributed by atoms with E-state index < -0.39 is 0 Å². The van der Waals surface area contributed by atoms with Gasteiger partial charge in [-0.25, -0.2) is 0 Å². The van der Waals surface area contributed by atoms with Crippen molar-refractivity contribution in [3.8, 4) is 0 Å². The molecule has 0 atom stereocenters. The Morgan fingerprint density at radius 3 is 2.18 bits per heavy atom. The third-order valence-corrected chi connectivity index (χ3v) is 3.83. The summed E-state index contributed by atoms with van der Waals surface area (Å²) in [7, 11) is 0. The highest BCUT2D eigenvalue weighted by molar-refractivity contribution is 5.85. The lowest BCUT2D eigenvalue weighted by molar-refractivity contribution is 0.632. The smallest absolute Gasteiger partial charge is 0.0431 e. The molecule has 2 N–H and O–H groups in total. The van der Waals surface area contributed by atoms with Gasteiger partial charge >= 0.3 is 0 Å². The summed E-state index contributed by atoms with van der Waals surface area (Å²) in [5.41, 5.74) is 11.8. The first-order valence-corrected chi connectivity index (χ1v) is 6.48. The molecule has 0 unspecified atom stereocenters. The van der Waals surface area contributed by atoms with Gasteiger partial charge in [0, 0.05) is 18.8 Å². The van der Waals surface area contributed by atoms with E-state index in [-0.39, 0.29) is 12.4 Å². The Kier molecular flexibility index (Phi) is 3.95. The summed E-state index contributed by atoms with van der Waals surface area (Å²) in [4.78, 5) is 2.59. The van der Waals surface area contributed by atoms with E-state index in [0.717, 1.165) is 13.0 Å². The largest absolute Gasteiger partial charge is 0.371 e. The average Bonchev–Trinajstić information content (AvgIpc) is 2.30. The van der Waals surface area contributed by atoms with Crippen LogP contribution in [0.1, 0.15) is 29.5 Å². The van der Waals surface area contributed by atoms with Crippen LogP contribution in [0.25, 0.3) is 0 Å². The average molecular weight is 253 g/mol. The van der Waals surface area contributed by atoms with E-state index in [1.54, 1.807) is 16.8 Å². The van der Waals surface area contributed by atoms with Crippen molar-refractivity contribution >= 4 is 18.1 Å². The van der Waals surface area contributed by atoms with Gasteiger partial charge in [-0.15, -0.1) is 12.4 Å². The highest BCUT2D eigenvalue weighted by atomic mass is 35.5. The molecule has 0 aliphatic carbocycles. The first kappa shape index (κ1) is 12.7. The molecule has 0 amide bonds. The normalized spacial score (nSPS) is 17.4. The van der Waals surface area contributed by atoms with Crippen molar-refractivity contribution in [1.29, 1.82) is 0 Å². The van der Waals surface area contributed by atoms with Gasteiger partial charge in [0.05, 0.1) is 0 Å². The van der Waals surface area contributed by atoms with Crippen LogP contribution in [0.5, 0.6) is 0 Å². The topological polar surface area (TPSA) is 29.3 Å². The monoisotopic (exact) mass is 252 g/mol. The van der Waals surface area contributed by atoms with Crippen molar-refractivity contribution in [2.75, 3.05) is 24.5 Å². The van der Waals surface area contributed by atoms with Crippen molar-refractivity contribution in [1.82, 2.24) is 0 Å². The Morgan fingerprint density at radius 1 is 1.06 bits per heavy atom. The lowest BCUT2D eigenvalue weighted by Crippen LogP contribution is -2.34. The second kappa shape index (κ2) is 5.28. The number of hydrogen-bond acceptors (Lipinski definition) is 2. The van der Waals surface area contributed by atoms with Crippen molar-refractivity contribution < 1.29 is 0 Å². The maximum absolute atomic E-state index is 5.66. The summed E-state index contributed by atoms with van der Waals surface area (Å²) in [6.45, 7) is 3.29. The van der Waals surface area contributed by atoms with Gasteiger partial charge in [0.1, 0.15) is 0 Å². The minimum absolute atomic E-state index is 0. The van der Waals surface area contributed by atoms with Crippen LogP contribution in [0.3, 0.4) is 0 Å². The van der Waals surface area contributed by atoms with Gasteiger partial charge in [0.2, 0.25) is 0 Å². The molecular weight excluding hydrogens is 232 g/mol. The van der Waals surface area contributed by atoms with Gasteiger partial charge in [-0.05, 0) is 55.3 Å². The molecule has 3 heteroatoms. The molecule has 3 rings (SSSR count). The Hall–Kier alpha value is -0.730. The number of anilines is 1. The Labute approximate surface area is 110 Å². The zero-order valence-corrected chi connectivity index (χ0v) is 11.1. The minimum Gasteiger partial charge on any atom is -0.371 e. The fourth-order valence-corrected chi connectivity index (χ4v) is 3.19. The Morgan fingerprint density at radius 2 is 1.65 bits per heavy atom. The first-order chi connectivity index (χ1) is 7.88. The van der Waals surface area contributed by atoms with E-state index in [4.69, 9.17) is 5.73 Å². The maximum atomic E-state index is 5.66. The van der Waals surface area contributed by atoms with E-state index in [1.165, 1.54) is 44.3 Å². The summed E-state index contributed by atoms with van der Waals surface area (Å²) in [5, 5.41) is 0. The zero-order chi connectivity index (χ0) is 11.0. The van der Waals surface area contributed by atoms with Gasteiger partial charge in [-0.2, -0.15) is 0 Å². The van der Waals surface area contributed by atoms with E-state index in [9.17, 15) is 0 Å². The highest BCUT2D eigenvalue weighted by Crippen LogP contribution is 2.35. The second-order valence-electron chi connectivity index (χ2n) is 5.00. The third-order valence-electron chi connectivity index (χ3n) is 3.83. The predicted molar refractivity (Wildman–Crippen MR) is 75.3 cm³/mol. The maximum Gasteiger partial charge on any atom is 0.0431 e. The van der Waals surface area contributed by atoms with E-state index in [2.05, 4.69) is 17.0 Å². The first-order valence-electron chi connectivity index (χ1n) is 6.48. The molecule has 0 fully saturated rings. The van der Waals surface area contributed by atoms with Crippen LogP contribution in [0.4, 0.5) is 5.69 Å². The van der Waals surface area contributed by atoms with E-state index in [1.807, 2.05) is 0 Å². The van der Waals surface area contributed by atoms with Crippen LogP contribution in [-0.4, -0.2) is 19.6 Å². The fraction of sp³-hybridized carbons (Fsp3) is 0.571. The highest BCUT2D eigenvalue weighted by Gasteiger charge is 2.23. The second-order valence-corrected chi connectivity index (χ2v) is 5.00. The van der Waals surface area contributed by atoms with Crippen LogP contribution in [0.2, 0.25) is 0 Å². The molecule has 0 saturated carbocycles. The molecule has 2 aliphatic heterocycles. The molecule has 2 aliphatic rings. The van der Waals surface area contributed by atoms with Crippen molar-refractivity contribution in [3.63, 3.8) is 0 Å². The van der Waals surface area contributed by atoms with Crippen LogP contribution < -0.4 is 10.6 Å². The summed E-state index contributed by atoms with van der Waals surface area (Å²) in [6.07, 6.45) is 6.19. The molecule has 0 saturated heterocycles. The SMILES string of the molecule is Cl.NCCc1cc2c3c(c1)CCCN3CCC2. The summed E-state index contributed by atoms with van der Waals surface area (Å²) < 4.78 is 0. The minimum atomic E-state index is 0. The summed E-state index contributed by atoms with van der Waals surface area (Å²) in [5.74, 6) is 0. The number of rotatable bonds is 2. The molecule has 1 aromatic carbocycles. The van der Waals surface area contributed by atoms with Crippen LogP contribution in [0, 0.1) is 0 Å². The lowest BCUT2D eigenvalue weighted by Gasteiger charge is -2.37. The third kappa shape index (κ3) is 2.29. The molecule has 17 heavy (non-hydrogen) atoms. The van der Waals surface area contributed by atoms with Crippen LogP contribution in [0.15, 0.2) is 12.1 Å². The molecule has 0 bridgehead atoms. The van der Waals surface area contributed by atoms with Crippen molar-refractivity contribution in [2.24, 2.45) is 5.73 Å². The van der Waals surface area contributed by atoms with E-state index in [0.29, 0.717) is 0 Å². The standard InChI is InChI=1S/C14H20N2.ClH/c15-6-5-11-9-12-3-1-7-16-8-2-4-13(10-11)14(12)16;/h9-10H,1-8,15H2;1H. The molecule has 94 valence electrons. The van der Waals surface area contributed by atoms with Crippen molar-refractivity contribution in [3.05, 3.63) is 28.8 Å². The molecule has 2 heterocycles. The lowest BCUT2D eigenvalue weighted by atomic mass is 9.89. The molecular formula is C14H21ClN2. The van der Waals surface area contributed by atoms with Gasteiger partial charge < -0.3 is 10.6 Å². The quantitative estimate of drug-likeness (QED) is 0.875. The molecule has 0 radical (unpaired) electrons. The van der Waals surface area contributed by atoms with Gasteiger partial charge in [-0.3, -0.25) is 0 Å². The van der Waals surface area contributed by atoms with Gasteiger partial charge in [0.15, 0.2) is 0 Å². The summed E-state index contributed by atoms with van der Waals surface area (Å²) in [6, 6.07) is 4.78. The van der Waals surface area contributed by atoms with Gasteiger partial charge in [0.25, 0.3) is 0 Å². The fourth-order valence-electron chi connectivity index (χ4n) is 3.19. The predicted octanol–water partition coefficient (Wildman–Crippen LogP) is 2.31. The summed E-state index contributed by atoms with van der Waals surface area (Å²) >= 11 is 0. The number of hydrogen-bond donors (Lipinski definition) is 1. The van der Waals surface area contributed by atoms with Gasteiger partial charge in [-0.1, -0.05) is 12.1 Å². The van der Waals surface area contributed by atoms with Crippen molar-refractivity contribution in [2.45, 2.75) is 32.1 Å². The molecule has 2 nitrogen and oxygen atoms in total. The number of nitrogens with zero attached hydrogens (tertiary/aromatic N) is 1. The van der Waals surface area contributed by atoms with Crippen LogP contribution in [-0.2, 0) is 19.3 Å². The number of benzene rings is 1. The molecule has 0 aromatic heterocycles. The number of nitrogens with two attached hydrogens (primary N) is 1. The number of halogens is 1. The Bertz CT molecular complexity index is 372. The number of aryl methyl sites for hydroxylation is 2. The van der Waals surface area contributed by atoms with E-state index >= 15 is 0 Å².